The molecule has 2 nitrogen and oxygen atoms in total. The molecule has 1 atom stereocenters. The molecule has 0 aromatic heterocycles. The van der Waals surface area contributed by atoms with E-state index in [1.54, 1.807) is 11.8 Å². The molecular formula is C16H27NOS. The van der Waals surface area contributed by atoms with Gasteiger partial charge in [-0.1, -0.05) is 32.9 Å². The topological polar surface area (TPSA) is 32.3 Å². The van der Waals surface area contributed by atoms with Gasteiger partial charge in [0, 0.05) is 16.2 Å². The van der Waals surface area contributed by atoms with Crippen LogP contribution < -0.4 is 5.32 Å². The van der Waals surface area contributed by atoms with Gasteiger partial charge in [-0.15, -0.1) is 11.8 Å². The minimum absolute atomic E-state index is 0.171. The maximum absolute atomic E-state index is 9.53. The predicted octanol–water partition coefficient (Wildman–Crippen LogP) is 3.65. The molecule has 0 saturated carbocycles. The van der Waals surface area contributed by atoms with Crippen LogP contribution in [0.5, 0.6) is 0 Å². The van der Waals surface area contributed by atoms with Crippen molar-refractivity contribution in [3.8, 4) is 0 Å². The number of nitrogens with one attached hydrogen (secondary N) is 1. The number of aliphatic hydroxyl groups is 1. The Morgan fingerprint density at radius 1 is 1.26 bits per heavy atom. The zero-order valence-corrected chi connectivity index (χ0v) is 13.4. The van der Waals surface area contributed by atoms with Gasteiger partial charge in [-0.25, -0.2) is 0 Å². The standard InChI is InChI=1S/C16H27NOS/c1-5-10-17-16(4,11-18)12-19-15-8-6-14(7-9-15)13(2)3/h6-9,13,17-18H,5,10-12H2,1-4H3. The Balaban J connectivity index is 2.54. The van der Waals surface area contributed by atoms with Crippen LogP contribution in [0.15, 0.2) is 29.2 Å². The predicted molar refractivity (Wildman–Crippen MR) is 85.0 cm³/mol. The zero-order valence-electron chi connectivity index (χ0n) is 12.6. The Kier molecular flexibility index (Phi) is 6.90. The summed E-state index contributed by atoms with van der Waals surface area (Å²) >= 11 is 1.80. The third-order valence-electron chi connectivity index (χ3n) is 3.25. The smallest absolute Gasteiger partial charge is 0.0618 e. The highest BCUT2D eigenvalue weighted by Gasteiger charge is 2.22. The molecule has 1 aromatic rings. The fourth-order valence-corrected chi connectivity index (χ4v) is 2.78. The normalized spacial score (nSPS) is 14.6. The summed E-state index contributed by atoms with van der Waals surface area (Å²) in [5.41, 5.74) is 1.18. The third kappa shape index (κ3) is 5.55. The number of thioether (sulfide) groups is 1. The lowest BCUT2D eigenvalue weighted by atomic mass is 10.0. The van der Waals surface area contributed by atoms with E-state index in [9.17, 15) is 5.11 Å². The maximum Gasteiger partial charge on any atom is 0.0618 e. The largest absolute Gasteiger partial charge is 0.394 e. The molecule has 0 amide bonds. The van der Waals surface area contributed by atoms with E-state index in [1.165, 1.54) is 10.5 Å². The van der Waals surface area contributed by atoms with E-state index >= 15 is 0 Å². The fraction of sp³-hybridized carbons (Fsp3) is 0.625. The van der Waals surface area contributed by atoms with E-state index in [-0.39, 0.29) is 12.1 Å². The summed E-state index contributed by atoms with van der Waals surface area (Å²) in [5, 5.41) is 13.0. The molecule has 0 aliphatic carbocycles. The average molecular weight is 281 g/mol. The van der Waals surface area contributed by atoms with Gasteiger partial charge in [-0.05, 0) is 43.5 Å². The van der Waals surface area contributed by atoms with Crippen molar-refractivity contribution in [2.45, 2.75) is 50.5 Å². The zero-order chi connectivity index (χ0) is 14.3. The second-order valence-electron chi connectivity index (χ2n) is 5.66. The van der Waals surface area contributed by atoms with Gasteiger partial charge in [0.15, 0.2) is 0 Å². The fourth-order valence-electron chi connectivity index (χ4n) is 1.77. The molecule has 0 heterocycles. The first-order valence-electron chi connectivity index (χ1n) is 7.09. The Hall–Kier alpha value is -0.510. The monoisotopic (exact) mass is 281 g/mol. The Labute approximate surface area is 122 Å². The van der Waals surface area contributed by atoms with Crippen molar-refractivity contribution >= 4 is 11.8 Å². The Bertz CT molecular complexity index is 364. The van der Waals surface area contributed by atoms with Gasteiger partial charge in [0.1, 0.15) is 0 Å². The molecule has 1 aromatic carbocycles. The lowest BCUT2D eigenvalue weighted by Gasteiger charge is -2.28. The van der Waals surface area contributed by atoms with Crippen molar-refractivity contribution in [2.24, 2.45) is 0 Å². The van der Waals surface area contributed by atoms with Gasteiger partial charge in [-0.3, -0.25) is 0 Å². The van der Waals surface area contributed by atoms with Crippen LogP contribution in [-0.2, 0) is 0 Å². The lowest BCUT2D eigenvalue weighted by Crippen LogP contribution is -2.48. The summed E-state index contributed by atoms with van der Waals surface area (Å²) in [4.78, 5) is 1.27. The first-order chi connectivity index (χ1) is 9.00. The van der Waals surface area contributed by atoms with E-state index in [4.69, 9.17) is 0 Å². The molecule has 0 aliphatic heterocycles. The molecule has 0 radical (unpaired) electrons. The van der Waals surface area contributed by atoms with Gasteiger partial charge in [0.05, 0.1) is 6.61 Å². The lowest BCUT2D eigenvalue weighted by molar-refractivity contribution is 0.192. The summed E-state index contributed by atoms with van der Waals surface area (Å²) < 4.78 is 0. The van der Waals surface area contributed by atoms with E-state index in [1.807, 2.05) is 0 Å². The molecule has 1 unspecified atom stereocenters. The molecule has 0 saturated heterocycles. The summed E-state index contributed by atoms with van der Waals surface area (Å²) in [7, 11) is 0. The summed E-state index contributed by atoms with van der Waals surface area (Å²) in [6.45, 7) is 9.76. The average Bonchev–Trinajstić information content (AvgIpc) is 2.43. The van der Waals surface area contributed by atoms with Crippen molar-refractivity contribution in [3.63, 3.8) is 0 Å². The summed E-state index contributed by atoms with van der Waals surface area (Å²) in [6.07, 6.45) is 1.09. The van der Waals surface area contributed by atoms with E-state index < -0.39 is 0 Å². The van der Waals surface area contributed by atoms with Crippen LogP contribution in [0.1, 0.15) is 45.6 Å². The SMILES string of the molecule is CCCNC(C)(CO)CSc1ccc(C(C)C)cc1. The maximum atomic E-state index is 9.53. The minimum atomic E-state index is -0.197. The van der Waals surface area contributed by atoms with E-state index in [0.29, 0.717) is 5.92 Å². The minimum Gasteiger partial charge on any atom is -0.394 e. The number of benzene rings is 1. The van der Waals surface area contributed by atoms with Crippen molar-refractivity contribution in [1.29, 1.82) is 0 Å². The number of hydrogen-bond acceptors (Lipinski definition) is 3. The first kappa shape index (κ1) is 16.5. The number of aliphatic hydroxyl groups excluding tert-OH is 1. The van der Waals surface area contributed by atoms with E-state index in [0.717, 1.165) is 18.7 Å². The summed E-state index contributed by atoms with van der Waals surface area (Å²) in [5.74, 6) is 1.46. The van der Waals surface area contributed by atoms with Crippen molar-refractivity contribution in [1.82, 2.24) is 5.32 Å². The number of rotatable bonds is 8. The quantitative estimate of drug-likeness (QED) is 0.713. The number of hydrogen-bond donors (Lipinski definition) is 2. The Morgan fingerprint density at radius 3 is 2.37 bits per heavy atom. The second kappa shape index (κ2) is 7.93. The molecule has 0 aliphatic rings. The highest BCUT2D eigenvalue weighted by Crippen LogP contribution is 2.24. The van der Waals surface area contributed by atoms with Gasteiger partial charge in [-0.2, -0.15) is 0 Å². The van der Waals surface area contributed by atoms with Gasteiger partial charge < -0.3 is 10.4 Å². The molecule has 3 heteroatoms. The highest BCUT2D eigenvalue weighted by atomic mass is 32.2. The van der Waals surface area contributed by atoms with Crippen LogP contribution in [0.25, 0.3) is 0 Å². The Morgan fingerprint density at radius 2 is 1.89 bits per heavy atom. The molecule has 0 fully saturated rings. The van der Waals surface area contributed by atoms with Crippen LogP contribution in [0.4, 0.5) is 0 Å². The molecule has 108 valence electrons. The van der Waals surface area contributed by atoms with Crippen LogP contribution in [0.2, 0.25) is 0 Å². The first-order valence-corrected chi connectivity index (χ1v) is 8.08. The molecule has 2 N–H and O–H groups in total. The molecule has 0 spiro atoms. The molecule has 19 heavy (non-hydrogen) atoms. The van der Waals surface area contributed by atoms with Crippen LogP contribution in [0.3, 0.4) is 0 Å². The molecule has 0 bridgehead atoms. The van der Waals surface area contributed by atoms with Gasteiger partial charge >= 0.3 is 0 Å². The van der Waals surface area contributed by atoms with Crippen molar-refractivity contribution in [3.05, 3.63) is 29.8 Å². The molecular weight excluding hydrogens is 254 g/mol. The molecule has 1 rings (SSSR count). The third-order valence-corrected chi connectivity index (χ3v) is 4.64. The van der Waals surface area contributed by atoms with Crippen molar-refractivity contribution in [2.75, 3.05) is 18.9 Å². The summed E-state index contributed by atoms with van der Waals surface area (Å²) in [6, 6.07) is 8.75. The van der Waals surface area contributed by atoms with Gasteiger partial charge in [0.25, 0.3) is 0 Å². The van der Waals surface area contributed by atoms with Crippen LogP contribution in [-0.4, -0.2) is 29.5 Å². The van der Waals surface area contributed by atoms with Crippen LogP contribution >= 0.6 is 11.8 Å². The van der Waals surface area contributed by atoms with E-state index in [2.05, 4.69) is 57.3 Å². The van der Waals surface area contributed by atoms with Crippen molar-refractivity contribution < 1.29 is 5.11 Å². The van der Waals surface area contributed by atoms with Gasteiger partial charge in [0.2, 0.25) is 0 Å². The second-order valence-corrected chi connectivity index (χ2v) is 6.71. The van der Waals surface area contributed by atoms with Crippen LogP contribution in [0, 0.1) is 0 Å². The highest BCUT2D eigenvalue weighted by molar-refractivity contribution is 7.99.